The molecule has 1 N–H and O–H groups in total. The molecule has 0 unspecified atom stereocenters. The van der Waals surface area contributed by atoms with Crippen molar-refractivity contribution in [1.29, 1.82) is 0 Å². The number of aryl methyl sites for hydroxylation is 1. The van der Waals surface area contributed by atoms with Gasteiger partial charge in [0.2, 0.25) is 20.9 Å². The van der Waals surface area contributed by atoms with E-state index in [0.717, 1.165) is 0 Å². The average Bonchev–Trinajstić information content (AvgIpc) is 2.78. The largest absolute Gasteiger partial charge is 0.325 e. The lowest BCUT2D eigenvalue weighted by molar-refractivity contribution is -0.113. The number of hydrogen-bond donors (Lipinski definition) is 1. The molecule has 0 saturated carbocycles. The Kier molecular flexibility index (Phi) is 4.10. The van der Waals surface area contributed by atoms with Gasteiger partial charge < -0.3 is 9.88 Å². The minimum atomic E-state index is -3.78. The van der Waals surface area contributed by atoms with E-state index >= 15 is 0 Å². The van der Waals surface area contributed by atoms with E-state index in [0.29, 0.717) is 10.7 Å². The van der Waals surface area contributed by atoms with Gasteiger partial charge in [-0.05, 0) is 12.1 Å². The van der Waals surface area contributed by atoms with Crippen LogP contribution in [0, 0.1) is 0 Å². The fraction of sp³-hybridized carbons (Fsp3) is 0.167. The number of para-hydroxylation sites is 1. The number of imidazole rings is 1. The highest BCUT2D eigenvalue weighted by molar-refractivity contribution is 7.92. The summed E-state index contributed by atoms with van der Waals surface area (Å²) in [6.07, 6.45) is 2.86. The molecule has 2 rings (SSSR count). The Morgan fingerprint density at radius 1 is 1.40 bits per heavy atom. The lowest BCUT2D eigenvalue weighted by Gasteiger charge is -2.07. The number of sulfone groups is 1. The molecule has 6 nitrogen and oxygen atoms in total. The number of halogens is 1. The molecule has 1 aromatic carbocycles. The number of carbonyl (C=O) groups is 1. The molecule has 0 radical (unpaired) electrons. The van der Waals surface area contributed by atoms with Gasteiger partial charge in [0, 0.05) is 19.4 Å². The highest BCUT2D eigenvalue weighted by Gasteiger charge is 2.23. The molecule has 1 aromatic heterocycles. The number of hydrogen-bond acceptors (Lipinski definition) is 4. The number of nitrogens with one attached hydrogen (secondary N) is 1. The standard InChI is InChI=1S/C12H12ClN3O3S/c1-16-7-6-14-12(16)20(18,19)8-11(17)15-10-5-3-2-4-9(10)13/h2-7H,8H2,1H3,(H,15,17). The molecule has 2 aromatic rings. The molecule has 0 spiro atoms. The van der Waals surface area contributed by atoms with E-state index in [2.05, 4.69) is 10.3 Å². The predicted molar refractivity (Wildman–Crippen MR) is 75.3 cm³/mol. The Bertz CT molecular complexity index is 740. The first-order valence-electron chi connectivity index (χ1n) is 5.64. The van der Waals surface area contributed by atoms with E-state index < -0.39 is 21.5 Å². The van der Waals surface area contributed by atoms with Crippen LogP contribution in [0.15, 0.2) is 41.8 Å². The average molecular weight is 314 g/mol. The monoisotopic (exact) mass is 313 g/mol. The van der Waals surface area contributed by atoms with Crippen molar-refractivity contribution >= 4 is 33.0 Å². The van der Waals surface area contributed by atoms with Crippen LogP contribution in [-0.4, -0.2) is 29.6 Å². The third kappa shape index (κ3) is 3.17. The van der Waals surface area contributed by atoms with Crippen molar-refractivity contribution < 1.29 is 13.2 Å². The summed E-state index contributed by atoms with van der Waals surface area (Å²) in [5.41, 5.74) is 0.370. The summed E-state index contributed by atoms with van der Waals surface area (Å²) in [6, 6.07) is 6.59. The normalized spacial score (nSPS) is 11.3. The van der Waals surface area contributed by atoms with E-state index in [1.165, 1.54) is 17.0 Å². The number of benzene rings is 1. The quantitative estimate of drug-likeness (QED) is 0.927. The molecule has 0 atom stereocenters. The molecule has 1 amide bonds. The van der Waals surface area contributed by atoms with Crippen molar-refractivity contribution in [3.8, 4) is 0 Å². The van der Waals surface area contributed by atoms with Gasteiger partial charge >= 0.3 is 0 Å². The zero-order chi connectivity index (χ0) is 14.8. The van der Waals surface area contributed by atoms with E-state index in [-0.39, 0.29) is 5.16 Å². The van der Waals surface area contributed by atoms with Gasteiger partial charge in [-0.3, -0.25) is 4.79 Å². The van der Waals surface area contributed by atoms with Crippen LogP contribution < -0.4 is 5.32 Å². The van der Waals surface area contributed by atoms with Gasteiger partial charge in [-0.15, -0.1) is 0 Å². The second kappa shape index (κ2) is 5.64. The SMILES string of the molecule is Cn1ccnc1S(=O)(=O)CC(=O)Nc1ccccc1Cl. The molecule has 0 aliphatic carbocycles. The first kappa shape index (κ1) is 14.5. The molecule has 1 heterocycles. The summed E-state index contributed by atoms with van der Waals surface area (Å²) in [6.45, 7) is 0. The third-order valence-corrected chi connectivity index (χ3v) is 4.45. The van der Waals surface area contributed by atoms with Crippen molar-refractivity contribution in [2.24, 2.45) is 7.05 Å². The van der Waals surface area contributed by atoms with Gasteiger partial charge in [-0.1, -0.05) is 23.7 Å². The molecule has 0 fully saturated rings. The van der Waals surface area contributed by atoms with Gasteiger partial charge in [0.05, 0.1) is 10.7 Å². The van der Waals surface area contributed by atoms with Crippen LogP contribution in [0.1, 0.15) is 0 Å². The number of amides is 1. The first-order chi connectivity index (χ1) is 9.40. The maximum absolute atomic E-state index is 12.0. The van der Waals surface area contributed by atoms with Gasteiger partial charge in [0.1, 0.15) is 5.75 Å². The molecule has 106 valence electrons. The van der Waals surface area contributed by atoms with Crippen LogP contribution in [0.2, 0.25) is 5.02 Å². The van der Waals surface area contributed by atoms with Crippen molar-refractivity contribution in [3.05, 3.63) is 41.7 Å². The summed E-state index contributed by atoms with van der Waals surface area (Å²) < 4.78 is 25.4. The molecular formula is C12H12ClN3O3S. The smallest absolute Gasteiger partial charge is 0.240 e. The van der Waals surface area contributed by atoms with E-state index in [1.54, 1.807) is 31.3 Å². The number of carbonyl (C=O) groups excluding carboxylic acids is 1. The molecule has 8 heteroatoms. The highest BCUT2D eigenvalue weighted by Crippen LogP contribution is 2.20. The summed E-state index contributed by atoms with van der Waals surface area (Å²) in [7, 11) is -2.24. The molecule has 0 bridgehead atoms. The minimum absolute atomic E-state index is 0.146. The van der Waals surface area contributed by atoms with Crippen LogP contribution in [0.25, 0.3) is 0 Å². The Labute approximate surface area is 121 Å². The minimum Gasteiger partial charge on any atom is -0.325 e. The summed E-state index contributed by atoms with van der Waals surface area (Å²) >= 11 is 5.88. The van der Waals surface area contributed by atoms with Crippen molar-refractivity contribution in [2.75, 3.05) is 11.1 Å². The number of anilines is 1. The maximum atomic E-state index is 12.0. The summed E-state index contributed by atoms with van der Waals surface area (Å²) in [4.78, 5) is 15.5. The number of aromatic nitrogens is 2. The van der Waals surface area contributed by atoms with E-state index in [4.69, 9.17) is 11.6 Å². The maximum Gasteiger partial charge on any atom is 0.240 e. The zero-order valence-electron chi connectivity index (χ0n) is 10.6. The molecule has 0 aliphatic rings. The van der Waals surface area contributed by atoms with Crippen LogP contribution in [-0.2, 0) is 21.7 Å². The van der Waals surface area contributed by atoms with Gasteiger partial charge in [-0.2, -0.15) is 0 Å². The highest BCUT2D eigenvalue weighted by atomic mass is 35.5. The van der Waals surface area contributed by atoms with Crippen molar-refractivity contribution in [3.63, 3.8) is 0 Å². The zero-order valence-corrected chi connectivity index (χ0v) is 12.1. The summed E-state index contributed by atoms with van der Waals surface area (Å²) in [5, 5.41) is 2.66. The van der Waals surface area contributed by atoms with Gasteiger partial charge in [-0.25, -0.2) is 13.4 Å². The summed E-state index contributed by atoms with van der Waals surface area (Å²) in [5.74, 6) is -1.36. The van der Waals surface area contributed by atoms with Crippen LogP contribution in [0.3, 0.4) is 0 Å². The molecular weight excluding hydrogens is 302 g/mol. The Morgan fingerprint density at radius 2 is 2.10 bits per heavy atom. The fourth-order valence-corrected chi connectivity index (χ4v) is 3.09. The fourth-order valence-electron chi connectivity index (χ4n) is 1.64. The lowest BCUT2D eigenvalue weighted by Crippen LogP contribution is -2.24. The third-order valence-electron chi connectivity index (χ3n) is 2.52. The van der Waals surface area contributed by atoms with E-state index in [1.807, 2.05) is 0 Å². The van der Waals surface area contributed by atoms with Gasteiger partial charge in [0.15, 0.2) is 0 Å². The van der Waals surface area contributed by atoms with Crippen LogP contribution >= 0.6 is 11.6 Å². The van der Waals surface area contributed by atoms with Crippen molar-refractivity contribution in [1.82, 2.24) is 9.55 Å². The van der Waals surface area contributed by atoms with Gasteiger partial charge in [0.25, 0.3) is 0 Å². The molecule has 0 aliphatic heterocycles. The predicted octanol–water partition coefficient (Wildman–Crippen LogP) is 1.49. The first-order valence-corrected chi connectivity index (χ1v) is 7.67. The number of nitrogens with zero attached hydrogens (tertiary/aromatic N) is 2. The Morgan fingerprint density at radius 3 is 2.70 bits per heavy atom. The molecule has 0 saturated heterocycles. The second-order valence-electron chi connectivity index (χ2n) is 4.11. The van der Waals surface area contributed by atoms with Crippen LogP contribution in [0.4, 0.5) is 5.69 Å². The number of rotatable bonds is 4. The lowest BCUT2D eigenvalue weighted by atomic mass is 10.3. The van der Waals surface area contributed by atoms with E-state index in [9.17, 15) is 13.2 Å². The Balaban J connectivity index is 2.13. The topological polar surface area (TPSA) is 81.1 Å². The molecule has 20 heavy (non-hydrogen) atoms. The van der Waals surface area contributed by atoms with Crippen molar-refractivity contribution in [2.45, 2.75) is 5.16 Å². The Hall–Kier alpha value is -1.86. The van der Waals surface area contributed by atoms with Crippen LogP contribution in [0.5, 0.6) is 0 Å². The second-order valence-corrected chi connectivity index (χ2v) is 6.40.